The Hall–Kier alpha value is -3.04. The number of nitrogens with zero attached hydrogens (tertiary/aromatic N) is 2. The average Bonchev–Trinajstić information content (AvgIpc) is 2.70. The lowest BCUT2D eigenvalue weighted by Crippen LogP contribution is -2.48. The molecule has 10 heteroatoms. The molecule has 1 heterocycles. The molecule has 0 aromatic heterocycles. The molecule has 1 atom stereocenters. The van der Waals surface area contributed by atoms with Crippen molar-refractivity contribution in [1.82, 2.24) is 5.32 Å². The fraction of sp³-hybridized carbons (Fsp3) is 0.200. The number of allylic oxidation sites excluding steroid dienone is 1. The Bertz CT molecular complexity index is 1080. The van der Waals surface area contributed by atoms with Gasteiger partial charge in [-0.15, -0.1) is 0 Å². The first-order valence-electron chi connectivity index (χ1n) is 8.92. The minimum atomic E-state index is -0.761. The minimum Gasteiger partial charge on any atom is -0.463 e. The van der Waals surface area contributed by atoms with Crippen LogP contribution in [0.15, 0.2) is 53.7 Å². The molecule has 1 N–H and O–H groups in total. The summed E-state index contributed by atoms with van der Waals surface area (Å²) in [7, 11) is 0. The Morgan fingerprint density at radius 2 is 2.10 bits per heavy atom. The third-order valence-corrected chi connectivity index (χ3v) is 5.15. The van der Waals surface area contributed by atoms with Crippen molar-refractivity contribution in [3.63, 3.8) is 0 Å². The Labute approximate surface area is 182 Å². The van der Waals surface area contributed by atoms with Gasteiger partial charge in [0.05, 0.1) is 28.2 Å². The van der Waals surface area contributed by atoms with E-state index >= 15 is 0 Å². The standard InChI is InChI=1S/C20H17ClFN3O4S/c1-3-29-19(26)17-11(2)24(13-7-8-16(22)15(21)10-13)20(30)23-18(17)12-5-4-6-14(9-12)25(27)28/h4-10,18H,3H2,1-2H3,(H,23,30). The van der Waals surface area contributed by atoms with Gasteiger partial charge >= 0.3 is 5.97 Å². The second-order valence-electron chi connectivity index (χ2n) is 6.39. The number of nitro groups is 1. The van der Waals surface area contributed by atoms with Gasteiger partial charge in [-0.3, -0.25) is 15.0 Å². The van der Waals surface area contributed by atoms with Gasteiger partial charge in [-0.25, -0.2) is 9.18 Å². The summed E-state index contributed by atoms with van der Waals surface area (Å²) in [5.41, 5.74) is 1.48. The van der Waals surface area contributed by atoms with Crippen LogP contribution in [0.2, 0.25) is 5.02 Å². The van der Waals surface area contributed by atoms with Crippen molar-refractivity contribution in [2.75, 3.05) is 11.5 Å². The van der Waals surface area contributed by atoms with Crippen molar-refractivity contribution in [3.05, 3.63) is 80.3 Å². The Morgan fingerprint density at radius 1 is 1.37 bits per heavy atom. The number of halogens is 2. The van der Waals surface area contributed by atoms with Crippen molar-refractivity contribution in [1.29, 1.82) is 0 Å². The van der Waals surface area contributed by atoms with Crippen molar-refractivity contribution in [3.8, 4) is 0 Å². The van der Waals surface area contributed by atoms with Crippen LogP contribution in [0.4, 0.5) is 15.8 Å². The number of nitrogens with one attached hydrogen (secondary N) is 1. The number of ether oxygens (including phenoxy) is 1. The fourth-order valence-electron chi connectivity index (χ4n) is 3.22. The van der Waals surface area contributed by atoms with Gasteiger partial charge in [-0.1, -0.05) is 23.7 Å². The van der Waals surface area contributed by atoms with Gasteiger partial charge in [0.2, 0.25) is 0 Å². The van der Waals surface area contributed by atoms with E-state index in [-0.39, 0.29) is 28.0 Å². The van der Waals surface area contributed by atoms with Crippen molar-refractivity contribution < 1.29 is 18.8 Å². The number of hydrogen-bond donors (Lipinski definition) is 1. The Balaban J connectivity index is 2.16. The molecular formula is C20H17ClFN3O4S. The van der Waals surface area contributed by atoms with E-state index in [0.717, 1.165) is 0 Å². The largest absolute Gasteiger partial charge is 0.463 e. The predicted molar refractivity (Wildman–Crippen MR) is 115 cm³/mol. The van der Waals surface area contributed by atoms with Crippen molar-refractivity contribution >= 4 is 46.3 Å². The van der Waals surface area contributed by atoms with Crippen LogP contribution in [0.3, 0.4) is 0 Å². The van der Waals surface area contributed by atoms with E-state index in [1.807, 2.05) is 0 Å². The minimum absolute atomic E-state index is 0.0957. The molecule has 0 saturated carbocycles. The van der Waals surface area contributed by atoms with Crippen LogP contribution in [0.25, 0.3) is 0 Å². The Kier molecular flexibility index (Phi) is 6.33. The molecule has 0 amide bonds. The molecule has 0 radical (unpaired) electrons. The average molecular weight is 450 g/mol. The molecule has 0 saturated heterocycles. The maximum atomic E-state index is 13.6. The molecule has 1 unspecified atom stereocenters. The number of esters is 1. The lowest BCUT2D eigenvalue weighted by molar-refractivity contribution is -0.384. The summed E-state index contributed by atoms with van der Waals surface area (Å²) in [6.45, 7) is 3.49. The lowest BCUT2D eigenvalue weighted by atomic mass is 9.94. The number of hydrogen-bond acceptors (Lipinski definition) is 5. The van der Waals surface area contributed by atoms with Crippen LogP contribution >= 0.6 is 23.8 Å². The summed E-state index contributed by atoms with van der Waals surface area (Å²) in [6.07, 6.45) is 0. The Morgan fingerprint density at radius 3 is 2.73 bits per heavy atom. The van der Waals surface area contributed by atoms with E-state index in [1.165, 1.54) is 36.4 Å². The van der Waals surface area contributed by atoms with Gasteiger partial charge in [0, 0.05) is 23.5 Å². The lowest BCUT2D eigenvalue weighted by Gasteiger charge is -2.37. The fourth-order valence-corrected chi connectivity index (χ4v) is 3.75. The highest BCUT2D eigenvalue weighted by molar-refractivity contribution is 7.80. The monoisotopic (exact) mass is 449 g/mol. The van der Waals surface area contributed by atoms with Gasteiger partial charge in [-0.05, 0) is 49.8 Å². The van der Waals surface area contributed by atoms with Crippen molar-refractivity contribution in [2.24, 2.45) is 0 Å². The number of carbonyl (C=O) groups excluding carboxylic acids is 1. The maximum Gasteiger partial charge on any atom is 0.338 e. The summed E-state index contributed by atoms with van der Waals surface area (Å²) >= 11 is 11.4. The molecule has 1 aliphatic heterocycles. The van der Waals surface area contributed by atoms with Gasteiger partial charge in [0.1, 0.15) is 5.82 Å². The van der Waals surface area contributed by atoms with E-state index < -0.39 is 22.8 Å². The SMILES string of the molecule is CCOC(=O)C1=C(C)N(c2ccc(F)c(Cl)c2)C(=S)NC1c1cccc([N+](=O)[O-])c1. The zero-order valence-corrected chi connectivity index (χ0v) is 17.6. The molecule has 2 aromatic carbocycles. The van der Waals surface area contributed by atoms with Gasteiger partial charge in [0.25, 0.3) is 5.69 Å². The number of rotatable bonds is 5. The van der Waals surface area contributed by atoms with Crippen LogP contribution in [-0.4, -0.2) is 22.6 Å². The van der Waals surface area contributed by atoms with Crippen LogP contribution in [-0.2, 0) is 9.53 Å². The highest BCUT2D eigenvalue weighted by atomic mass is 35.5. The van der Waals surface area contributed by atoms with Gasteiger partial charge in [-0.2, -0.15) is 0 Å². The summed E-state index contributed by atoms with van der Waals surface area (Å²) in [5.74, 6) is -1.18. The van der Waals surface area contributed by atoms with Crippen LogP contribution in [0.1, 0.15) is 25.5 Å². The predicted octanol–water partition coefficient (Wildman–Crippen LogP) is 4.66. The van der Waals surface area contributed by atoms with E-state index in [2.05, 4.69) is 5.32 Å². The molecular weight excluding hydrogens is 433 g/mol. The first kappa shape index (κ1) is 21.7. The topological polar surface area (TPSA) is 84.7 Å². The third-order valence-electron chi connectivity index (χ3n) is 4.56. The molecule has 2 aromatic rings. The number of anilines is 1. The van der Waals surface area contributed by atoms with E-state index in [4.69, 9.17) is 28.6 Å². The molecule has 0 aliphatic carbocycles. The summed E-state index contributed by atoms with van der Waals surface area (Å²) < 4.78 is 18.8. The molecule has 0 bridgehead atoms. The number of carbonyl (C=O) groups is 1. The molecule has 1 aliphatic rings. The number of non-ortho nitro benzene ring substituents is 1. The smallest absolute Gasteiger partial charge is 0.338 e. The normalized spacial score (nSPS) is 16.3. The quantitative estimate of drug-likeness (QED) is 0.307. The van der Waals surface area contributed by atoms with Gasteiger partial charge in [0.15, 0.2) is 5.11 Å². The second-order valence-corrected chi connectivity index (χ2v) is 7.18. The van der Waals surface area contributed by atoms with Gasteiger partial charge < -0.3 is 10.1 Å². The van der Waals surface area contributed by atoms with E-state index in [9.17, 15) is 19.3 Å². The number of thiocarbonyl (C=S) groups is 1. The van der Waals surface area contributed by atoms with E-state index in [0.29, 0.717) is 16.9 Å². The molecule has 0 spiro atoms. The van der Waals surface area contributed by atoms with Crippen LogP contribution in [0, 0.1) is 15.9 Å². The maximum absolute atomic E-state index is 13.6. The highest BCUT2D eigenvalue weighted by Gasteiger charge is 2.36. The zero-order chi connectivity index (χ0) is 22.0. The van der Waals surface area contributed by atoms with E-state index in [1.54, 1.807) is 24.8 Å². The second kappa shape index (κ2) is 8.76. The molecule has 156 valence electrons. The summed E-state index contributed by atoms with van der Waals surface area (Å²) in [4.78, 5) is 25.0. The first-order chi connectivity index (χ1) is 14.2. The first-order valence-corrected chi connectivity index (χ1v) is 9.71. The molecule has 7 nitrogen and oxygen atoms in total. The number of benzene rings is 2. The highest BCUT2D eigenvalue weighted by Crippen LogP contribution is 2.36. The zero-order valence-electron chi connectivity index (χ0n) is 16.0. The number of nitro benzene ring substituents is 1. The molecule has 3 rings (SSSR count). The molecule has 30 heavy (non-hydrogen) atoms. The summed E-state index contributed by atoms with van der Waals surface area (Å²) in [5, 5.41) is 14.4. The summed E-state index contributed by atoms with van der Waals surface area (Å²) in [6, 6.07) is 9.23. The van der Waals surface area contributed by atoms with Crippen molar-refractivity contribution in [2.45, 2.75) is 19.9 Å². The molecule has 0 fully saturated rings. The van der Waals surface area contributed by atoms with Crippen LogP contribution < -0.4 is 10.2 Å². The third kappa shape index (κ3) is 4.12. The van der Waals surface area contributed by atoms with Crippen LogP contribution in [0.5, 0.6) is 0 Å².